The van der Waals surface area contributed by atoms with Crippen LogP contribution < -0.4 is 10.6 Å². The highest BCUT2D eigenvalue weighted by molar-refractivity contribution is 5.97. The van der Waals surface area contributed by atoms with Gasteiger partial charge in [-0.15, -0.1) is 0 Å². The van der Waals surface area contributed by atoms with Gasteiger partial charge < -0.3 is 35.0 Å². The van der Waals surface area contributed by atoms with E-state index in [1.165, 1.54) is 23.8 Å². The first-order chi connectivity index (χ1) is 29.4. The maximum absolute atomic E-state index is 14.7. The number of carbonyl (C=O) groups excluding carboxylic acids is 6. The summed E-state index contributed by atoms with van der Waals surface area (Å²) < 4.78 is 11.1. The van der Waals surface area contributed by atoms with Crippen molar-refractivity contribution >= 4 is 47.2 Å². The summed E-state index contributed by atoms with van der Waals surface area (Å²) in [5.74, 6) is -4.30. The van der Waals surface area contributed by atoms with Gasteiger partial charge in [-0.3, -0.25) is 19.2 Å². The number of ether oxygens (including phenoxy) is 2. The Labute approximate surface area is 380 Å². The number of carboxylic acids is 1. The summed E-state index contributed by atoms with van der Waals surface area (Å²) in [5.41, 5.74) is -0.385. The minimum atomic E-state index is -1.08. The van der Waals surface area contributed by atoms with Crippen LogP contribution in [-0.2, 0) is 45.5 Å². The normalized spacial score (nSPS) is 14.7. The lowest BCUT2D eigenvalue weighted by Gasteiger charge is -2.41. The quantitative estimate of drug-likeness (QED) is 0.108. The topological polar surface area (TPSA) is 189 Å². The zero-order valence-corrected chi connectivity index (χ0v) is 41.0. The summed E-state index contributed by atoms with van der Waals surface area (Å²) in [6.07, 6.45) is -0.208. The van der Waals surface area contributed by atoms with Crippen molar-refractivity contribution in [1.82, 2.24) is 15.1 Å². The number of carbonyl (C=O) groups is 7. The second-order valence-corrected chi connectivity index (χ2v) is 20.2. The Kier molecular flexibility index (Phi) is 19.5. The predicted octanol–water partition coefficient (Wildman–Crippen LogP) is 8.82. The van der Waals surface area contributed by atoms with Gasteiger partial charge in [-0.25, -0.2) is 14.4 Å². The first-order valence-electron chi connectivity index (χ1n) is 22.0. The van der Waals surface area contributed by atoms with Crippen LogP contribution in [0.5, 0.6) is 0 Å². The van der Waals surface area contributed by atoms with Crippen LogP contribution >= 0.6 is 0 Å². The van der Waals surface area contributed by atoms with E-state index in [1.807, 2.05) is 78.8 Å². The smallest absolute Gasteiger partial charge is 0.410 e. The lowest BCUT2D eigenvalue weighted by atomic mass is 9.71. The summed E-state index contributed by atoms with van der Waals surface area (Å²) in [6.45, 7) is 24.9. The number of benzene rings is 2. The van der Waals surface area contributed by atoms with Crippen molar-refractivity contribution < 1.29 is 48.1 Å². The molecule has 5 atom stereocenters. The number of likely N-dealkylation sites (N-methyl/N-ethyl adjacent to an activating group) is 2. The third kappa shape index (κ3) is 15.9. The van der Waals surface area contributed by atoms with E-state index in [0.29, 0.717) is 11.3 Å². The van der Waals surface area contributed by atoms with Crippen LogP contribution in [0.1, 0.15) is 121 Å². The molecule has 64 heavy (non-hydrogen) atoms. The number of rotatable bonds is 20. The summed E-state index contributed by atoms with van der Waals surface area (Å²) >= 11 is 0. The van der Waals surface area contributed by atoms with Crippen molar-refractivity contribution in [3.63, 3.8) is 0 Å². The van der Waals surface area contributed by atoms with Crippen LogP contribution in [-0.4, -0.2) is 94.3 Å². The standard InChI is InChI=1S/C50H74N4O10/c1-30(2)38(26-33(6)45(59)60)53(15)44(58)37(48(7,8)9)28-40(56)42(50(13,14)35-20-18-17-19-21-35)54(16)47(62)63-29-34-22-24-36(25-23-34)51-43(57)32(5)27-39(55)41(31(3)4)52-46(61)64-49(10,11)12/h17-26,30-32,37-38,41-42H,27-29H2,1-16H3,(H,51,57)(H,52,61)(H,59,60)/b33-26+/t32-,37-,38-,41+,42-/m1/s1. The van der Waals surface area contributed by atoms with Crippen LogP contribution in [0, 0.1) is 29.1 Å². The summed E-state index contributed by atoms with van der Waals surface area (Å²) in [4.78, 5) is 96.1. The third-order valence-electron chi connectivity index (χ3n) is 11.4. The number of carboxylic acid groups (broad SMARTS) is 1. The number of anilines is 1. The summed E-state index contributed by atoms with van der Waals surface area (Å²) in [7, 11) is 3.13. The average molecular weight is 891 g/mol. The predicted molar refractivity (Wildman–Crippen MR) is 248 cm³/mol. The lowest BCUT2D eigenvalue weighted by Crippen LogP contribution is -2.55. The number of nitrogens with one attached hydrogen (secondary N) is 2. The van der Waals surface area contributed by atoms with Crippen molar-refractivity contribution in [2.24, 2.45) is 29.1 Å². The molecular formula is C50H74N4O10. The molecule has 2 aromatic carbocycles. The Morgan fingerprint density at radius 3 is 1.80 bits per heavy atom. The Hall–Kier alpha value is -5.53. The molecule has 354 valence electrons. The van der Waals surface area contributed by atoms with Crippen LogP contribution in [0.2, 0.25) is 0 Å². The molecule has 0 aliphatic rings. The van der Waals surface area contributed by atoms with Crippen LogP contribution in [0.25, 0.3) is 0 Å². The largest absolute Gasteiger partial charge is 0.478 e. The van der Waals surface area contributed by atoms with Crippen molar-refractivity contribution in [1.29, 1.82) is 0 Å². The number of nitrogens with zero attached hydrogens (tertiary/aromatic N) is 2. The number of Topliss-reactive ketones (excluding diaryl/α,β-unsaturated/α-hetero) is 2. The molecular weight excluding hydrogens is 817 g/mol. The Morgan fingerprint density at radius 2 is 1.31 bits per heavy atom. The lowest BCUT2D eigenvalue weighted by molar-refractivity contribution is -0.144. The minimum Gasteiger partial charge on any atom is -0.478 e. The number of aliphatic carboxylic acids is 1. The molecule has 0 heterocycles. The highest BCUT2D eigenvalue weighted by atomic mass is 16.6. The van der Waals surface area contributed by atoms with Crippen LogP contribution in [0.3, 0.4) is 0 Å². The number of alkyl carbamates (subject to hydrolysis) is 1. The van der Waals surface area contributed by atoms with E-state index in [1.54, 1.807) is 78.9 Å². The third-order valence-corrected chi connectivity index (χ3v) is 11.4. The molecule has 2 aromatic rings. The zero-order chi connectivity index (χ0) is 49.1. The van der Waals surface area contributed by atoms with Gasteiger partial charge in [0.25, 0.3) is 0 Å². The zero-order valence-electron chi connectivity index (χ0n) is 41.0. The van der Waals surface area contributed by atoms with E-state index in [0.717, 1.165) is 5.56 Å². The van der Waals surface area contributed by atoms with Crippen molar-refractivity contribution in [2.75, 3.05) is 19.4 Å². The van der Waals surface area contributed by atoms with Crippen molar-refractivity contribution in [3.8, 4) is 0 Å². The number of hydrogen-bond donors (Lipinski definition) is 3. The molecule has 0 bridgehead atoms. The number of amides is 4. The van der Waals surface area contributed by atoms with Crippen molar-refractivity contribution in [2.45, 2.75) is 146 Å². The molecule has 0 unspecified atom stereocenters. The molecule has 0 saturated carbocycles. The van der Waals surface area contributed by atoms with Crippen molar-refractivity contribution in [3.05, 3.63) is 77.4 Å². The van der Waals surface area contributed by atoms with E-state index in [9.17, 15) is 38.7 Å². The van der Waals surface area contributed by atoms with Gasteiger partial charge in [-0.2, -0.15) is 0 Å². The van der Waals surface area contributed by atoms with E-state index >= 15 is 0 Å². The number of ketones is 2. The minimum absolute atomic E-state index is 0.106. The fourth-order valence-electron chi connectivity index (χ4n) is 7.55. The van der Waals surface area contributed by atoms with E-state index in [-0.39, 0.29) is 54.3 Å². The van der Waals surface area contributed by atoms with Crippen LogP contribution in [0.4, 0.5) is 15.3 Å². The van der Waals surface area contributed by atoms with Gasteiger partial charge in [0.2, 0.25) is 11.8 Å². The van der Waals surface area contributed by atoms with Gasteiger partial charge >= 0.3 is 18.2 Å². The molecule has 0 aliphatic heterocycles. The Morgan fingerprint density at radius 1 is 0.750 bits per heavy atom. The summed E-state index contributed by atoms with van der Waals surface area (Å²) in [5, 5.41) is 15.0. The van der Waals surface area contributed by atoms with Gasteiger partial charge in [-0.1, -0.05) is 118 Å². The molecule has 4 amide bonds. The Balaban J connectivity index is 2.28. The highest BCUT2D eigenvalue weighted by Crippen LogP contribution is 2.37. The first kappa shape index (κ1) is 54.6. The molecule has 0 saturated heterocycles. The van der Waals surface area contributed by atoms with Crippen LogP contribution in [0.15, 0.2) is 66.2 Å². The maximum atomic E-state index is 14.7. The fraction of sp³-hybridized carbons (Fsp3) is 0.580. The average Bonchev–Trinajstić information content (AvgIpc) is 3.18. The molecule has 0 aromatic heterocycles. The molecule has 14 nitrogen and oxygen atoms in total. The fourth-order valence-corrected chi connectivity index (χ4v) is 7.55. The first-order valence-corrected chi connectivity index (χ1v) is 22.0. The second-order valence-electron chi connectivity index (χ2n) is 20.2. The molecule has 14 heteroatoms. The molecule has 0 aliphatic carbocycles. The van der Waals surface area contributed by atoms with Gasteiger partial charge in [0.05, 0.1) is 12.1 Å². The molecule has 0 spiro atoms. The Bertz CT molecular complexity index is 1980. The van der Waals surface area contributed by atoms with Gasteiger partial charge in [0, 0.05) is 55.4 Å². The highest BCUT2D eigenvalue weighted by Gasteiger charge is 2.45. The second kappa shape index (κ2) is 22.9. The number of hydrogen-bond acceptors (Lipinski definition) is 9. The molecule has 0 fully saturated rings. The monoisotopic (exact) mass is 891 g/mol. The van der Waals surface area contributed by atoms with E-state index in [2.05, 4.69) is 10.6 Å². The SMILES string of the molecule is C/C(=C\[C@H](C(C)C)N(C)C(=O)[C@@H](CC(=O)[C@@H](N(C)C(=O)OCc1ccc(NC(=O)[C@H](C)CC(=O)[C@@H](NC(=O)OC(C)(C)C)C(C)C)cc1)C(C)(C)c1ccccc1)C(C)(C)C)C(=O)O. The van der Waals surface area contributed by atoms with Gasteiger partial charge in [0.1, 0.15) is 18.2 Å². The summed E-state index contributed by atoms with van der Waals surface area (Å²) in [6, 6.07) is 13.6. The van der Waals surface area contributed by atoms with E-state index in [4.69, 9.17) is 9.47 Å². The van der Waals surface area contributed by atoms with Gasteiger partial charge in [-0.05, 0) is 68.2 Å². The molecule has 3 N–H and O–H groups in total. The maximum Gasteiger partial charge on any atom is 0.410 e. The molecule has 0 radical (unpaired) electrons. The van der Waals surface area contributed by atoms with E-state index < -0.39 is 70.5 Å². The van der Waals surface area contributed by atoms with Gasteiger partial charge in [0.15, 0.2) is 11.6 Å². The molecule has 2 rings (SSSR count).